The lowest BCUT2D eigenvalue weighted by Crippen LogP contribution is -2.47. The number of phosphoric ester groups is 1. The fourth-order valence-corrected chi connectivity index (χ4v) is 11.0. The van der Waals surface area contributed by atoms with E-state index >= 15 is 0 Å². The Labute approximate surface area is 514 Å². The molecule has 0 aliphatic carbocycles. The van der Waals surface area contributed by atoms with Crippen LogP contribution in [-0.4, -0.2) is 74.3 Å². The third-order valence-electron chi connectivity index (χ3n) is 15.7. The Morgan fingerprint density at radius 2 is 0.771 bits per heavy atom. The molecular weight excluding hydrogens is 1050 g/mol. The van der Waals surface area contributed by atoms with Crippen molar-refractivity contribution in [3.63, 3.8) is 0 Å². The van der Waals surface area contributed by atoms with Crippen molar-refractivity contribution in [1.82, 2.24) is 5.32 Å². The number of hydrogen-bond acceptors (Lipinski definition) is 6. The highest BCUT2D eigenvalue weighted by Gasteiger charge is 2.30. The summed E-state index contributed by atoms with van der Waals surface area (Å²) < 4.78 is 30.8. The zero-order chi connectivity index (χ0) is 60.7. The molecule has 3 unspecified atom stereocenters. The van der Waals surface area contributed by atoms with E-state index in [0.29, 0.717) is 17.4 Å². The zero-order valence-corrected chi connectivity index (χ0v) is 56.3. The van der Waals surface area contributed by atoms with Crippen LogP contribution in [0.1, 0.15) is 329 Å². The third kappa shape index (κ3) is 63.8. The van der Waals surface area contributed by atoms with Crippen LogP contribution in [0.2, 0.25) is 0 Å². The van der Waals surface area contributed by atoms with Crippen molar-refractivity contribution in [2.75, 3.05) is 40.9 Å². The molecule has 0 spiro atoms. The van der Waals surface area contributed by atoms with E-state index in [9.17, 15) is 19.0 Å². The number of carbonyl (C=O) groups excluding carboxylic acids is 2. The van der Waals surface area contributed by atoms with Crippen LogP contribution in [0.15, 0.2) is 72.9 Å². The van der Waals surface area contributed by atoms with Crippen LogP contribution in [0.25, 0.3) is 0 Å². The van der Waals surface area contributed by atoms with Crippen molar-refractivity contribution in [3.05, 3.63) is 72.9 Å². The molecule has 0 aromatic carbocycles. The molecule has 0 aromatic rings. The lowest BCUT2D eigenvalue weighted by Gasteiger charge is -2.27. The topological polar surface area (TPSA) is 111 Å². The number of unbranched alkanes of at least 4 members (excludes halogenated alkanes) is 38. The van der Waals surface area contributed by atoms with Crippen LogP contribution >= 0.6 is 7.82 Å². The molecule has 2 N–H and O–H groups in total. The summed E-state index contributed by atoms with van der Waals surface area (Å²) in [5.41, 5.74) is 0. The molecule has 0 radical (unpaired) electrons. The van der Waals surface area contributed by atoms with Gasteiger partial charge < -0.3 is 19.4 Å². The van der Waals surface area contributed by atoms with Crippen molar-refractivity contribution in [2.45, 2.75) is 341 Å². The fraction of sp³-hybridized carbons (Fsp3) is 0.808. The number of allylic oxidation sites excluding steroid dienone is 11. The highest BCUT2D eigenvalue weighted by Crippen LogP contribution is 2.43. The average Bonchev–Trinajstić information content (AvgIpc) is 3.51. The molecule has 10 heteroatoms. The Morgan fingerprint density at radius 1 is 0.434 bits per heavy atom. The Balaban J connectivity index is 5.04. The largest absolute Gasteiger partial charge is 0.472 e. The molecule has 0 bridgehead atoms. The van der Waals surface area contributed by atoms with Crippen LogP contribution in [0.5, 0.6) is 0 Å². The van der Waals surface area contributed by atoms with Gasteiger partial charge in [0.05, 0.1) is 33.8 Å². The van der Waals surface area contributed by atoms with E-state index in [1.54, 1.807) is 0 Å². The maximum absolute atomic E-state index is 13.6. The first-order valence-corrected chi connectivity index (χ1v) is 36.8. The van der Waals surface area contributed by atoms with Gasteiger partial charge in [0.1, 0.15) is 19.3 Å². The van der Waals surface area contributed by atoms with Gasteiger partial charge in [-0.05, 0) is 76.7 Å². The van der Waals surface area contributed by atoms with Gasteiger partial charge in [-0.1, -0.05) is 312 Å². The number of likely N-dealkylation sites (N-methyl/N-ethyl adjacent to an activating group) is 1. The molecule has 0 rings (SSSR count). The van der Waals surface area contributed by atoms with E-state index < -0.39 is 20.0 Å². The molecule has 9 nitrogen and oxygen atoms in total. The van der Waals surface area contributed by atoms with Gasteiger partial charge in [-0.2, -0.15) is 0 Å². The number of nitrogens with one attached hydrogen (secondary N) is 1. The maximum atomic E-state index is 13.6. The molecule has 0 saturated carbocycles. The minimum atomic E-state index is -4.45. The first-order valence-electron chi connectivity index (χ1n) is 35.3. The van der Waals surface area contributed by atoms with Gasteiger partial charge in [-0.25, -0.2) is 4.57 Å². The summed E-state index contributed by atoms with van der Waals surface area (Å²) in [5, 5.41) is 3.07. The predicted molar refractivity (Wildman–Crippen MR) is 360 cm³/mol. The Kier molecular flexibility index (Phi) is 60.6. The summed E-state index contributed by atoms with van der Waals surface area (Å²) in [6.07, 6.45) is 82.0. The number of amides is 1. The SMILES string of the molecule is CC/C=C\C/C=C\C/C=C\C/C=C\C/C=C\CCCCCCCCCCCC(=O)OC(/C=C/CCCCCCCCCCC)C(COP(=O)(O)OCC[N+](C)(C)C)NC(=O)CCCCCCCCCCCCCCCCCCCCCCC. The monoisotopic (exact) mass is 1180 g/mol. The van der Waals surface area contributed by atoms with Gasteiger partial charge in [-0.3, -0.25) is 18.6 Å². The lowest BCUT2D eigenvalue weighted by molar-refractivity contribution is -0.870. The number of phosphoric acid groups is 1. The Bertz CT molecular complexity index is 1650. The number of esters is 1. The number of nitrogens with zero attached hydrogens (tertiary/aromatic N) is 1. The van der Waals surface area contributed by atoms with Gasteiger partial charge in [-0.15, -0.1) is 0 Å². The minimum absolute atomic E-state index is 0.0390. The van der Waals surface area contributed by atoms with Gasteiger partial charge in [0.25, 0.3) is 0 Å². The molecule has 0 aromatic heterocycles. The van der Waals surface area contributed by atoms with E-state index in [0.717, 1.165) is 103 Å². The first-order chi connectivity index (χ1) is 40.4. The number of ether oxygens (including phenoxy) is 1. The second-order valence-corrected chi connectivity index (χ2v) is 26.5. The van der Waals surface area contributed by atoms with Crippen molar-refractivity contribution in [2.24, 2.45) is 0 Å². The van der Waals surface area contributed by atoms with Gasteiger partial charge in [0.15, 0.2) is 0 Å². The van der Waals surface area contributed by atoms with Crippen LogP contribution in [0.3, 0.4) is 0 Å². The van der Waals surface area contributed by atoms with Crippen LogP contribution < -0.4 is 5.32 Å². The summed E-state index contributed by atoms with van der Waals surface area (Å²) in [5.74, 6) is -0.501. The Hall–Kier alpha value is -2.55. The standard InChI is InChI=1S/C73H135N2O7P/c1-7-10-13-16-19-22-25-27-29-31-33-35-36-37-38-40-42-44-46-48-51-54-57-60-63-66-73(77)82-71(64-61-58-55-52-49-24-21-18-15-12-9-3)70(69-81-83(78,79)80-68-67-75(4,5)6)74-72(76)65-62-59-56-53-50-47-45-43-41-39-34-32-30-28-26-23-20-17-14-11-8-2/h10,13,19,22,27,29,33,35,37-38,61,64,70-71H,7-9,11-12,14-18,20-21,23-26,28,30-32,34,36,39-60,62-63,65-69H2,1-6H3,(H-,74,76,78,79)/p+1/b13-10-,22-19-,29-27-,35-33-,38-37-,64-61+. The normalized spacial score (nSPS) is 14.0. The summed E-state index contributed by atoms with van der Waals surface area (Å²) in [4.78, 5) is 37.9. The molecular formula is C73H136N2O7P+. The van der Waals surface area contributed by atoms with Gasteiger partial charge >= 0.3 is 13.8 Å². The molecule has 0 aliphatic heterocycles. The summed E-state index contributed by atoms with van der Waals surface area (Å²) in [6.45, 7) is 6.93. The smallest absolute Gasteiger partial charge is 0.456 e. The molecule has 0 aliphatic rings. The van der Waals surface area contributed by atoms with Crippen molar-refractivity contribution >= 4 is 19.7 Å². The summed E-state index contributed by atoms with van der Waals surface area (Å²) >= 11 is 0. The number of carbonyl (C=O) groups is 2. The van der Waals surface area contributed by atoms with Gasteiger partial charge in [0, 0.05) is 12.8 Å². The van der Waals surface area contributed by atoms with E-state index in [4.69, 9.17) is 13.8 Å². The maximum Gasteiger partial charge on any atom is 0.472 e. The molecule has 0 saturated heterocycles. The highest BCUT2D eigenvalue weighted by molar-refractivity contribution is 7.47. The number of hydrogen-bond donors (Lipinski definition) is 2. The second kappa shape index (κ2) is 62.5. The summed E-state index contributed by atoms with van der Waals surface area (Å²) in [7, 11) is 1.50. The summed E-state index contributed by atoms with van der Waals surface area (Å²) in [6, 6.07) is -0.852. The molecule has 484 valence electrons. The molecule has 83 heavy (non-hydrogen) atoms. The number of rotatable bonds is 64. The minimum Gasteiger partial charge on any atom is -0.456 e. The van der Waals surface area contributed by atoms with Crippen molar-refractivity contribution < 1.29 is 37.3 Å². The van der Waals surface area contributed by atoms with E-state index in [1.165, 1.54) is 193 Å². The van der Waals surface area contributed by atoms with E-state index in [1.807, 2.05) is 33.3 Å². The van der Waals surface area contributed by atoms with E-state index in [2.05, 4.69) is 86.8 Å². The number of quaternary nitrogens is 1. The molecule has 0 heterocycles. The third-order valence-corrected chi connectivity index (χ3v) is 16.6. The van der Waals surface area contributed by atoms with Gasteiger partial charge in [0.2, 0.25) is 5.91 Å². The van der Waals surface area contributed by atoms with Crippen molar-refractivity contribution in [1.29, 1.82) is 0 Å². The zero-order valence-electron chi connectivity index (χ0n) is 55.4. The van der Waals surface area contributed by atoms with Crippen molar-refractivity contribution in [3.8, 4) is 0 Å². The quantitative estimate of drug-likeness (QED) is 0.0205. The molecule has 1 amide bonds. The molecule has 0 fully saturated rings. The average molecular weight is 1180 g/mol. The van der Waals surface area contributed by atoms with Crippen LogP contribution in [-0.2, 0) is 27.9 Å². The fourth-order valence-electron chi connectivity index (χ4n) is 10.3. The lowest BCUT2D eigenvalue weighted by atomic mass is 10.0. The Morgan fingerprint density at radius 3 is 1.16 bits per heavy atom. The first kappa shape index (κ1) is 80.5. The second-order valence-electron chi connectivity index (χ2n) is 25.0. The van der Waals surface area contributed by atoms with E-state index in [-0.39, 0.29) is 31.5 Å². The highest BCUT2D eigenvalue weighted by atomic mass is 31.2. The van der Waals surface area contributed by atoms with Crippen LogP contribution in [0.4, 0.5) is 0 Å². The predicted octanol–water partition coefficient (Wildman–Crippen LogP) is 22.3. The van der Waals surface area contributed by atoms with Crippen LogP contribution in [0, 0.1) is 0 Å². The molecule has 3 atom stereocenters.